The van der Waals surface area contributed by atoms with Gasteiger partial charge in [-0.05, 0) is 24.3 Å². The van der Waals surface area contributed by atoms with Crippen molar-refractivity contribution in [1.29, 1.82) is 0 Å². The average Bonchev–Trinajstić information content (AvgIpc) is 2.74. The van der Waals surface area contributed by atoms with Crippen LogP contribution in [0.1, 0.15) is 0 Å². The van der Waals surface area contributed by atoms with Crippen LogP contribution < -0.4 is 39.4 Å². The summed E-state index contributed by atoms with van der Waals surface area (Å²) < 4.78 is 257. The Hall–Kier alpha value is -2.05. The molecule has 0 bridgehead atoms. The minimum absolute atomic E-state index is 0. The zero-order chi connectivity index (χ0) is 33.7. The topological polar surface area (TPSA) is 86.7 Å². The molecule has 0 aliphatic rings. The number of sulfonamides is 1. The van der Waals surface area contributed by atoms with Gasteiger partial charge in [-0.25, -0.2) is 17.2 Å². The molecule has 0 unspecified atom stereocenters. The molecule has 242 valence electrons. The van der Waals surface area contributed by atoms with Gasteiger partial charge in [0.2, 0.25) is 15.8 Å². The number of likely N-dealkylation sites (N-methyl/N-ethyl adjacent to an activating group) is 1. The second-order valence-corrected chi connectivity index (χ2v) is 9.76. The zero-order valence-electron chi connectivity index (χ0n) is 20.3. The van der Waals surface area contributed by atoms with E-state index in [0.29, 0.717) is 7.05 Å². The molecule has 0 aromatic heterocycles. The fourth-order valence-electron chi connectivity index (χ4n) is 2.93. The SMILES string of the molecule is CN(CC(=O)[O-])S(=O)(=O)c1ccc(OC(=C(C(F)(C(F)(F)F)C(F)(F)F)C(F)(C(F)(F)F)C(F)(F)F)C(F)(F)F)cc1.[Na+]. The number of hydrogen-bond acceptors (Lipinski definition) is 5. The van der Waals surface area contributed by atoms with Crippen molar-refractivity contribution in [2.24, 2.45) is 0 Å². The van der Waals surface area contributed by atoms with Gasteiger partial charge in [0.05, 0.1) is 23.0 Å². The fraction of sp³-hybridized carbons (Fsp3) is 0.500. The standard InChI is InChI=1S/C18H10F17NO5S.Na/c1-36(6-9(37)38)42(39,40)8-4-2-7(3-5-8)41-11(14(21,22)23)10(12(19,15(24,25)26)16(27,28)29)13(20,17(30,31)32)18(33,34)35;/h2-5H,6H2,1H3,(H,37,38);/q;+1/p-1. The number of rotatable bonds is 8. The zero-order valence-corrected chi connectivity index (χ0v) is 23.2. The number of aliphatic carboxylic acids is 1. The van der Waals surface area contributed by atoms with Crippen molar-refractivity contribution in [2.75, 3.05) is 13.6 Å². The fourth-order valence-corrected chi connectivity index (χ4v) is 4.05. The minimum Gasteiger partial charge on any atom is -0.549 e. The number of alkyl halides is 17. The van der Waals surface area contributed by atoms with E-state index < -0.39 is 86.7 Å². The second-order valence-electron chi connectivity index (χ2n) is 7.72. The van der Waals surface area contributed by atoms with E-state index in [9.17, 15) is 93.0 Å². The molecular formula is C18H9F17NNaO5S. The van der Waals surface area contributed by atoms with Gasteiger partial charge in [-0.15, -0.1) is 0 Å². The van der Waals surface area contributed by atoms with Crippen molar-refractivity contribution in [3.05, 3.63) is 35.6 Å². The third-order valence-electron chi connectivity index (χ3n) is 4.84. The summed E-state index contributed by atoms with van der Waals surface area (Å²) in [6.07, 6.45) is -40.1. The first-order valence-corrected chi connectivity index (χ1v) is 11.1. The third kappa shape index (κ3) is 7.79. The number of ether oxygens (including phenoxy) is 1. The predicted octanol–water partition coefficient (Wildman–Crippen LogP) is 1.92. The molecule has 1 aromatic rings. The first-order chi connectivity index (χ1) is 18.3. The molecule has 6 nitrogen and oxygen atoms in total. The van der Waals surface area contributed by atoms with Crippen LogP contribution in [0.4, 0.5) is 74.6 Å². The van der Waals surface area contributed by atoms with E-state index in [2.05, 4.69) is 4.74 Å². The molecule has 0 spiro atoms. The molecule has 0 saturated heterocycles. The molecule has 0 fully saturated rings. The first kappa shape index (κ1) is 41.0. The summed E-state index contributed by atoms with van der Waals surface area (Å²) in [4.78, 5) is 9.37. The van der Waals surface area contributed by atoms with Crippen LogP contribution in [-0.4, -0.2) is 74.5 Å². The Morgan fingerprint density at radius 2 is 1.05 bits per heavy atom. The van der Waals surface area contributed by atoms with Gasteiger partial charge < -0.3 is 14.6 Å². The van der Waals surface area contributed by atoms with Gasteiger partial charge in [-0.3, -0.25) is 0 Å². The van der Waals surface area contributed by atoms with Crippen LogP contribution in [0, 0.1) is 0 Å². The van der Waals surface area contributed by atoms with Crippen molar-refractivity contribution < 1.29 is 127 Å². The number of carboxylic acid groups (broad SMARTS) is 1. The second kappa shape index (κ2) is 12.4. The van der Waals surface area contributed by atoms with Crippen LogP contribution in [0.3, 0.4) is 0 Å². The van der Waals surface area contributed by atoms with E-state index in [1.165, 1.54) is 0 Å². The molecule has 0 amide bonds. The smallest absolute Gasteiger partial charge is 0.549 e. The Bertz CT molecular complexity index is 1230. The molecule has 0 aliphatic carbocycles. The summed E-state index contributed by atoms with van der Waals surface area (Å²) in [5.41, 5.74) is -22.4. The molecule has 0 saturated carbocycles. The van der Waals surface area contributed by atoms with Crippen molar-refractivity contribution >= 4 is 16.0 Å². The quantitative estimate of drug-likeness (QED) is 0.236. The number of hydrogen-bond donors (Lipinski definition) is 0. The Morgan fingerprint density at radius 1 is 0.721 bits per heavy atom. The van der Waals surface area contributed by atoms with Gasteiger partial charge in [-0.1, -0.05) is 0 Å². The van der Waals surface area contributed by atoms with E-state index in [0.717, 1.165) is 0 Å². The number of carboxylic acids is 1. The Balaban J connectivity index is 0.0000176. The van der Waals surface area contributed by atoms with Crippen molar-refractivity contribution in [1.82, 2.24) is 4.31 Å². The Labute approximate surface area is 249 Å². The number of carbonyl (C=O) groups is 1. The van der Waals surface area contributed by atoms with Crippen molar-refractivity contribution in [2.45, 2.75) is 47.1 Å². The molecule has 0 N–H and O–H groups in total. The Kier molecular flexibility index (Phi) is 11.8. The molecule has 0 radical (unpaired) electrons. The monoisotopic (exact) mass is 697 g/mol. The number of carbonyl (C=O) groups excluding carboxylic acids is 1. The molecule has 43 heavy (non-hydrogen) atoms. The van der Waals surface area contributed by atoms with E-state index in [4.69, 9.17) is 0 Å². The summed E-state index contributed by atoms with van der Waals surface area (Å²) in [5.74, 6) is -8.78. The summed E-state index contributed by atoms with van der Waals surface area (Å²) in [6, 6.07) is -0.385. The van der Waals surface area contributed by atoms with Gasteiger partial charge >= 0.3 is 71.8 Å². The van der Waals surface area contributed by atoms with Crippen LogP contribution in [-0.2, 0) is 14.8 Å². The van der Waals surface area contributed by atoms with E-state index >= 15 is 0 Å². The predicted molar refractivity (Wildman–Crippen MR) is 96.9 cm³/mol. The molecule has 0 atom stereocenters. The van der Waals surface area contributed by atoms with Crippen molar-refractivity contribution in [3.8, 4) is 5.75 Å². The summed E-state index contributed by atoms with van der Waals surface area (Å²) in [5, 5.41) is 10.5. The van der Waals surface area contributed by atoms with Gasteiger partial charge in [0, 0.05) is 7.05 Å². The molecule has 1 rings (SSSR count). The molecule has 0 aliphatic heterocycles. The van der Waals surface area contributed by atoms with Crippen LogP contribution in [0.5, 0.6) is 5.75 Å². The average molecular weight is 697 g/mol. The maximum absolute atomic E-state index is 14.7. The molecular weight excluding hydrogens is 688 g/mol. The van der Waals surface area contributed by atoms with Crippen LogP contribution >= 0.6 is 0 Å². The summed E-state index contributed by atoms with van der Waals surface area (Å²) >= 11 is 0. The van der Waals surface area contributed by atoms with Gasteiger partial charge in [0.1, 0.15) is 5.75 Å². The first-order valence-electron chi connectivity index (χ1n) is 9.69. The van der Waals surface area contributed by atoms with E-state index in [1.807, 2.05) is 0 Å². The summed E-state index contributed by atoms with van der Waals surface area (Å²) in [7, 11) is -4.37. The van der Waals surface area contributed by atoms with Crippen LogP contribution in [0.15, 0.2) is 40.5 Å². The molecule has 0 heterocycles. The normalized spacial score (nSPS) is 14.3. The molecule has 1 aromatic carbocycles. The van der Waals surface area contributed by atoms with Crippen LogP contribution in [0.2, 0.25) is 0 Å². The van der Waals surface area contributed by atoms with Gasteiger partial charge in [-0.2, -0.15) is 70.2 Å². The maximum atomic E-state index is 14.7. The number of nitrogens with zero attached hydrogens (tertiary/aromatic N) is 1. The van der Waals surface area contributed by atoms with E-state index in [1.54, 1.807) is 0 Å². The van der Waals surface area contributed by atoms with Gasteiger partial charge in [0.25, 0.3) is 0 Å². The molecule has 25 heteroatoms. The minimum atomic E-state index is -8.37. The third-order valence-corrected chi connectivity index (χ3v) is 6.66. The van der Waals surface area contributed by atoms with Crippen LogP contribution in [0.25, 0.3) is 0 Å². The summed E-state index contributed by atoms with van der Waals surface area (Å²) in [6.45, 7) is -1.38. The number of halogens is 17. The number of allylic oxidation sites excluding steroid dienone is 2. The van der Waals surface area contributed by atoms with Gasteiger partial charge in [0.15, 0.2) is 0 Å². The maximum Gasteiger partial charge on any atom is 1.00 e. The Morgan fingerprint density at radius 3 is 1.30 bits per heavy atom. The van der Waals surface area contributed by atoms with E-state index in [-0.39, 0.29) is 58.1 Å². The van der Waals surface area contributed by atoms with Crippen molar-refractivity contribution in [3.63, 3.8) is 0 Å². The number of benzene rings is 1. The largest absolute Gasteiger partial charge is 1.00 e.